The highest BCUT2D eigenvalue weighted by Gasteiger charge is 2.10. The first-order valence-corrected chi connectivity index (χ1v) is 8.16. The Labute approximate surface area is 116 Å². The van der Waals surface area contributed by atoms with Crippen molar-refractivity contribution in [1.29, 1.82) is 0 Å². The first-order valence-electron chi connectivity index (χ1n) is 6.51. The fraction of sp³-hybridized carbons (Fsp3) is 0.571. The van der Waals surface area contributed by atoms with E-state index in [0.717, 1.165) is 22.4 Å². The molecular weight excluding hydrogens is 262 g/mol. The average molecular weight is 285 g/mol. The number of benzene rings is 1. The van der Waals surface area contributed by atoms with Crippen molar-refractivity contribution in [3.05, 3.63) is 28.8 Å². The van der Waals surface area contributed by atoms with E-state index in [0.29, 0.717) is 19.4 Å². The zero-order chi connectivity index (χ0) is 14.5. The number of hydrogen-bond acceptors (Lipinski definition) is 3. The number of aryl methyl sites for hydroxylation is 2. The van der Waals surface area contributed by atoms with Crippen LogP contribution in [0.5, 0.6) is 5.75 Å². The van der Waals surface area contributed by atoms with E-state index in [9.17, 15) is 8.42 Å². The van der Waals surface area contributed by atoms with Crippen LogP contribution in [0.3, 0.4) is 0 Å². The quantitative estimate of drug-likeness (QED) is 0.835. The Balaban J connectivity index is 2.73. The number of nitrogens with one attached hydrogen (secondary N) is 1. The lowest BCUT2D eigenvalue weighted by Gasteiger charge is -2.13. The SMILES string of the molecule is CCCS(=O)(=O)NCCc1cc(C)cc(C)c1OC. The number of hydrogen-bond donors (Lipinski definition) is 1. The topological polar surface area (TPSA) is 55.4 Å². The van der Waals surface area contributed by atoms with E-state index in [1.54, 1.807) is 7.11 Å². The second-order valence-electron chi connectivity index (χ2n) is 4.74. The highest BCUT2D eigenvalue weighted by Crippen LogP contribution is 2.25. The Morgan fingerprint density at radius 3 is 2.53 bits per heavy atom. The van der Waals surface area contributed by atoms with Gasteiger partial charge in [0, 0.05) is 6.54 Å². The van der Waals surface area contributed by atoms with Gasteiger partial charge in [-0.15, -0.1) is 0 Å². The van der Waals surface area contributed by atoms with Crippen molar-refractivity contribution in [2.24, 2.45) is 0 Å². The molecule has 5 heteroatoms. The maximum atomic E-state index is 11.6. The van der Waals surface area contributed by atoms with Crippen LogP contribution in [0.4, 0.5) is 0 Å². The molecule has 4 nitrogen and oxygen atoms in total. The van der Waals surface area contributed by atoms with E-state index in [1.165, 1.54) is 0 Å². The molecule has 0 amide bonds. The summed E-state index contributed by atoms with van der Waals surface area (Å²) in [6.45, 7) is 6.28. The molecule has 108 valence electrons. The Kier molecular flexibility index (Phi) is 5.82. The molecule has 0 fully saturated rings. The summed E-state index contributed by atoms with van der Waals surface area (Å²) in [5, 5.41) is 0. The van der Waals surface area contributed by atoms with E-state index in [-0.39, 0.29) is 5.75 Å². The van der Waals surface area contributed by atoms with Gasteiger partial charge in [0.2, 0.25) is 10.0 Å². The van der Waals surface area contributed by atoms with Crippen LogP contribution in [0.15, 0.2) is 12.1 Å². The van der Waals surface area contributed by atoms with Crippen molar-refractivity contribution in [2.75, 3.05) is 19.4 Å². The minimum absolute atomic E-state index is 0.178. The number of rotatable bonds is 7. The predicted molar refractivity (Wildman–Crippen MR) is 78.3 cm³/mol. The molecule has 0 bridgehead atoms. The summed E-state index contributed by atoms with van der Waals surface area (Å²) in [5.41, 5.74) is 3.28. The normalized spacial score (nSPS) is 11.6. The molecule has 0 radical (unpaired) electrons. The average Bonchev–Trinajstić information content (AvgIpc) is 2.28. The summed E-state index contributed by atoms with van der Waals surface area (Å²) in [5.74, 6) is 1.03. The number of methoxy groups -OCH3 is 1. The van der Waals surface area contributed by atoms with Gasteiger partial charge in [-0.05, 0) is 37.8 Å². The van der Waals surface area contributed by atoms with Crippen LogP contribution in [-0.4, -0.2) is 27.8 Å². The Morgan fingerprint density at radius 2 is 1.95 bits per heavy atom. The molecule has 0 unspecified atom stereocenters. The van der Waals surface area contributed by atoms with E-state index < -0.39 is 10.0 Å². The van der Waals surface area contributed by atoms with E-state index in [1.807, 2.05) is 26.8 Å². The molecule has 0 atom stereocenters. The fourth-order valence-electron chi connectivity index (χ4n) is 2.20. The van der Waals surface area contributed by atoms with E-state index in [2.05, 4.69) is 10.8 Å². The predicted octanol–water partition coefficient (Wildman–Crippen LogP) is 2.18. The van der Waals surface area contributed by atoms with Crippen molar-refractivity contribution < 1.29 is 13.2 Å². The summed E-state index contributed by atoms with van der Waals surface area (Å²) < 4.78 is 31.1. The molecule has 0 saturated carbocycles. The third-order valence-electron chi connectivity index (χ3n) is 2.89. The van der Waals surface area contributed by atoms with Gasteiger partial charge in [0.1, 0.15) is 5.75 Å². The first kappa shape index (κ1) is 16.0. The van der Waals surface area contributed by atoms with Gasteiger partial charge < -0.3 is 4.74 Å². The Morgan fingerprint density at radius 1 is 1.26 bits per heavy atom. The molecule has 1 aromatic carbocycles. The third-order valence-corrected chi connectivity index (χ3v) is 4.48. The summed E-state index contributed by atoms with van der Waals surface area (Å²) in [6.07, 6.45) is 1.26. The van der Waals surface area contributed by atoms with Crippen molar-refractivity contribution in [2.45, 2.75) is 33.6 Å². The largest absolute Gasteiger partial charge is 0.496 e. The molecular formula is C14H23NO3S. The van der Waals surface area contributed by atoms with Crippen molar-refractivity contribution in [3.63, 3.8) is 0 Å². The molecule has 0 aromatic heterocycles. The highest BCUT2D eigenvalue weighted by molar-refractivity contribution is 7.89. The lowest BCUT2D eigenvalue weighted by atomic mass is 10.0. The molecule has 0 aliphatic rings. The molecule has 0 aliphatic carbocycles. The van der Waals surface area contributed by atoms with Crippen LogP contribution in [-0.2, 0) is 16.4 Å². The maximum Gasteiger partial charge on any atom is 0.211 e. The monoisotopic (exact) mass is 285 g/mol. The Bertz CT molecular complexity index is 524. The zero-order valence-corrected chi connectivity index (χ0v) is 12.9. The van der Waals surface area contributed by atoms with Gasteiger partial charge in [-0.25, -0.2) is 13.1 Å². The summed E-state index contributed by atoms with van der Waals surface area (Å²) in [4.78, 5) is 0. The number of ether oxygens (including phenoxy) is 1. The lowest BCUT2D eigenvalue weighted by molar-refractivity contribution is 0.406. The van der Waals surface area contributed by atoms with Gasteiger partial charge in [-0.1, -0.05) is 24.6 Å². The smallest absolute Gasteiger partial charge is 0.211 e. The number of sulfonamides is 1. The highest BCUT2D eigenvalue weighted by atomic mass is 32.2. The third kappa shape index (κ3) is 4.84. The minimum Gasteiger partial charge on any atom is -0.496 e. The molecule has 0 saturated heterocycles. The summed E-state index contributed by atoms with van der Waals surface area (Å²) >= 11 is 0. The maximum absolute atomic E-state index is 11.6. The van der Waals surface area contributed by atoms with Crippen LogP contribution in [0.25, 0.3) is 0 Å². The van der Waals surface area contributed by atoms with Gasteiger partial charge in [-0.3, -0.25) is 0 Å². The minimum atomic E-state index is -3.13. The summed E-state index contributed by atoms with van der Waals surface area (Å²) in [7, 11) is -1.49. The first-order chi connectivity index (χ1) is 8.89. The van der Waals surface area contributed by atoms with Crippen LogP contribution in [0, 0.1) is 13.8 Å². The van der Waals surface area contributed by atoms with Crippen molar-refractivity contribution >= 4 is 10.0 Å². The molecule has 1 aromatic rings. The van der Waals surface area contributed by atoms with Gasteiger partial charge in [0.15, 0.2) is 0 Å². The molecule has 1 rings (SSSR count). The van der Waals surface area contributed by atoms with Crippen LogP contribution < -0.4 is 9.46 Å². The van der Waals surface area contributed by atoms with Crippen molar-refractivity contribution in [3.8, 4) is 5.75 Å². The zero-order valence-electron chi connectivity index (χ0n) is 12.1. The lowest BCUT2D eigenvalue weighted by Crippen LogP contribution is -2.28. The standard InChI is InChI=1S/C14H23NO3S/c1-5-8-19(16,17)15-7-6-13-10-11(2)9-12(3)14(13)18-4/h9-10,15H,5-8H2,1-4H3. The second-order valence-corrected chi connectivity index (χ2v) is 6.66. The van der Waals surface area contributed by atoms with Gasteiger partial charge >= 0.3 is 0 Å². The summed E-state index contributed by atoms with van der Waals surface area (Å²) in [6, 6.07) is 4.10. The van der Waals surface area contributed by atoms with Crippen molar-refractivity contribution in [1.82, 2.24) is 4.72 Å². The van der Waals surface area contributed by atoms with Crippen LogP contribution in [0.1, 0.15) is 30.0 Å². The van der Waals surface area contributed by atoms with E-state index >= 15 is 0 Å². The van der Waals surface area contributed by atoms with E-state index in [4.69, 9.17) is 4.74 Å². The molecule has 0 heterocycles. The van der Waals surface area contributed by atoms with Gasteiger partial charge in [0.05, 0.1) is 12.9 Å². The fourth-order valence-corrected chi connectivity index (χ4v) is 3.30. The second kappa shape index (κ2) is 6.91. The Hall–Kier alpha value is -1.07. The molecule has 0 aliphatic heterocycles. The van der Waals surface area contributed by atoms with Crippen LogP contribution >= 0.6 is 0 Å². The van der Waals surface area contributed by atoms with Gasteiger partial charge in [-0.2, -0.15) is 0 Å². The molecule has 0 spiro atoms. The van der Waals surface area contributed by atoms with Gasteiger partial charge in [0.25, 0.3) is 0 Å². The van der Waals surface area contributed by atoms with Crippen LogP contribution in [0.2, 0.25) is 0 Å². The molecule has 1 N–H and O–H groups in total. The molecule has 19 heavy (non-hydrogen) atoms.